The van der Waals surface area contributed by atoms with Crippen LogP contribution in [0.4, 0.5) is 5.69 Å². The lowest BCUT2D eigenvalue weighted by atomic mass is 9.99. The Hall–Kier alpha value is -1.55. The number of benzene rings is 1. The van der Waals surface area contributed by atoms with Gasteiger partial charge >= 0.3 is 0 Å². The molecule has 2 rings (SSSR count). The zero-order chi connectivity index (χ0) is 15.8. The van der Waals surface area contributed by atoms with E-state index in [2.05, 4.69) is 41.5 Å². The molecule has 4 nitrogen and oxygen atoms in total. The third-order valence-electron chi connectivity index (χ3n) is 4.32. The smallest absolute Gasteiger partial charge is 0.251 e. The molecule has 1 fully saturated rings. The second kappa shape index (κ2) is 8.79. The van der Waals surface area contributed by atoms with Crippen LogP contribution in [-0.2, 0) is 0 Å². The zero-order valence-electron chi connectivity index (χ0n) is 13.9. The fourth-order valence-corrected chi connectivity index (χ4v) is 3.00. The highest BCUT2D eigenvalue weighted by atomic mass is 16.1. The summed E-state index contributed by atoms with van der Waals surface area (Å²) in [4.78, 5) is 14.5. The second-order valence-electron chi connectivity index (χ2n) is 6.05. The topological polar surface area (TPSA) is 44.4 Å². The van der Waals surface area contributed by atoms with Crippen LogP contribution in [0.15, 0.2) is 24.3 Å². The van der Waals surface area contributed by atoms with Crippen molar-refractivity contribution in [2.75, 3.05) is 37.6 Å². The Balaban J connectivity index is 1.87. The summed E-state index contributed by atoms with van der Waals surface area (Å²) >= 11 is 0. The van der Waals surface area contributed by atoms with E-state index in [0.29, 0.717) is 5.92 Å². The van der Waals surface area contributed by atoms with Gasteiger partial charge in [0.25, 0.3) is 5.91 Å². The van der Waals surface area contributed by atoms with E-state index >= 15 is 0 Å². The number of carbonyl (C=O) groups is 1. The Morgan fingerprint density at radius 3 is 2.68 bits per heavy atom. The number of nitrogens with one attached hydrogen (secondary N) is 2. The number of anilines is 1. The molecular formula is C18H29N3O. The quantitative estimate of drug-likeness (QED) is 0.814. The molecule has 1 aromatic rings. The van der Waals surface area contributed by atoms with E-state index in [1.807, 2.05) is 12.1 Å². The summed E-state index contributed by atoms with van der Waals surface area (Å²) in [5.41, 5.74) is 1.94. The van der Waals surface area contributed by atoms with E-state index in [4.69, 9.17) is 0 Å². The number of hydrogen-bond donors (Lipinski definition) is 2. The highest BCUT2D eigenvalue weighted by Crippen LogP contribution is 2.16. The maximum absolute atomic E-state index is 12.2. The fraction of sp³-hybridized carbons (Fsp3) is 0.611. The third kappa shape index (κ3) is 4.73. The monoisotopic (exact) mass is 303 g/mol. The average Bonchev–Trinajstić information content (AvgIpc) is 2.58. The first kappa shape index (κ1) is 16.8. The molecule has 0 aliphatic carbocycles. The lowest BCUT2D eigenvalue weighted by Crippen LogP contribution is -2.38. The molecule has 1 unspecified atom stereocenters. The minimum Gasteiger partial charge on any atom is -0.372 e. The van der Waals surface area contributed by atoms with Gasteiger partial charge < -0.3 is 15.5 Å². The zero-order valence-corrected chi connectivity index (χ0v) is 13.9. The third-order valence-corrected chi connectivity index (χ3v) is 4.32. The summed E-state index contributed by atoms with van der Waals surface area (Å²) in [5, 5.41) is 6.44. The molecule has 0 spiro atoms. The van der Waals surface area contributed by atoms with Gasteiger partial charge in [0.2, 0.25) is 0 Å². The van der Waals surface area contributed by atoms with E-state index < -0.39 is 0 Å². The Morgan fingerprint density at radius 1 is 1.32 bits per heavy atom. The van der Waals surface area contributed by atoms with Gasteiger partial charge in [-0.3, -0.25) is 4.79 Å². The van der Waals surface area contributed by atoms with Gasteiger partial charge in [0, 0.05) is 30.9 Å². The average molecular weight is 303 g/mol. The number of nitrogens with zero attached hydrogens (tertiary/aromatic N) is 1. The van der Waals surface area contributed by atoms with Crippen LogP contribution in [0.25, 0.3) is 0 Å². The van der Waals surface area contributed by atoms with E-state index in [0.717, 1.165) is 44.7 Å². The molecule has 1 amide bonds. The number of carbonyl (C=O) groups excluding carboxylic acids is 1. The summed E-state index contributed by atoms with van der Waals surface area (Å²) in [6, 6.07) is 7.97. The maximum Gasteiger partial charge on any atom is 0.251 e. The molecule has 0 radical (unpaired) electrons. The summed E-state index contributed by atoms with van der Waals surface area (Å²) in [5.74, 6) is 0.604. The van der Waals surface area contributed by atoms with Crippen LogP contribution < -0.4 is 15.5 Å². The lowest BCUT2D eigenvalue weighted by molar-refractivity contribution is 0.0945. The van der Waals surface area contributed by atoms with Crippen molar-refractivity contribution < 1.29 is 4.79 Å². The number of piperidine rings is 1. The van der Waals surface area contributed by atoms with Crippen LogP contribution in [0.5, 0.6) is 0 Å². The van der Waals surface area contributed by atoms with Crippen molar-refractivity contribution in [3.8, 4) is 0 Å². The molecule has 1 atom stereocenters. The SMILES string of the molecule is CCCN(CC)c1ccc(C(=O)NCC2CCCNC2)cc1. The van der Waals surface area contributed by atoms with E-state index in [9.17, 15) is 4.79 Å². The van der Waals surface area contributed by atoms with Gasteiger partial charge in [-0.25, -0.2) is 0 Å². The van der Waals surface area contributed by atoms with Crippen molar-refractivity contribution >= 4 is 11.6 Å². The molecule has 22 heavy (non-hydrogen) atoms. The highest BCUT2D eigenvalue weighted by Gasteiger charge is 2.14. The van der Waals surface area contributed by atoms with Crippen molar-refractivity contribution in [2.24, 2.45) is 5.92 Å². The first-order valence-electron chi connectivity index (χ1n) is 8.58. The van der Waals surface area contributed by atoms with Gasteiger partial charge in [-0.15, -0.1) is 0 Å². The molecule has 1 heterocycles. The first-order valence-corrected chi connectivity index (χ1v) is 8.58. The van der Waals surface area contributed by atoms with Gasteiger partial charge in [0.1, 0.15) is 0 Å². The van der Waals surface area contributed by atoms with Crippen molar-refractivity contribution in [1.29, 1.82) is 0 Å². The summed E-state index contributed by atoms with van der Waals surface area (Å²) in [6.07, 6.45) is 3.54. The Morgan fingerprint density at radius 2 is 2.09 bits per heavy atom. The molecular weight excluding hydrogens is 274 g/mol. The number of hydrogen-bond acceptors (Lipinski definition) is 3. The van der Waals surface area contributed by atoms with Gasteiger partial charge in [-0.1, -0.05) is 6.92 Å². The molecule has 1 aliphatic rings. The van der Waals surface area contributed by atoms with Gasteiger partial charge in [0.05, 0.1) is 0 Å². The molecule has 1 saturated heterocycles. The van der Waals surface area contributed by atoms with Gasteiger partial charge in [0.15, 0.2) is 0 Å². The number of rotatable bonds is 7. The van der Waals surface area contributed by atoms with Crippen LogP contribution in [0, 0.1) is 5.92 Å². The highest BCUT2D eigenvalue weighted by molar-refractivity contribution is 5.94. The van der Waals surface area contributed by atoms with Crippen molar-refractivity contribution in [2.45, 2.75) is 33.1 Å². The molecule has 2 N–H and O–H groups in total. The molecule has 1 aromatic carbocycles. The Labute approximate surface area is 134 Å². The fourth-order valence-electron chi connectivity index (χ4n) is 3.00. The van der Waals surface area contributed by atoms with Crippen LogP contribution in [0.2, 0.25) is 0 Å². The normalized spacial score (nSPS) is 18.0. The first-order chi connectivity index (χ1) is 10.7. The van der Waals surface area contributed by atoms with Crippen LogP contribution >= 0.6 is 0 Å². The van der Waals surface area contributed by atoms with Crippen molar-refractivity contribution in [1.82, 2.24) is 10.6 Å². The molecule has 4 heteroatoms. The summed E-state index contributed by atoms with van der Waals surface area (Å²) in [7, 11) is 0. The second-order valence-corrected chi connectivity index (χ2v) is 6.05. The largest absolute Gasteiger partial charge is 0.372 e. The maximum atomic E-state index is 12.2. The van der Waals surface area contributed by atoms with Crippen LogP contribution in [0.1, 0.15) is 43.5 Å². The molecule has 122 valence electrons. The Kier molecular flexibility index (Phi) is 6.72. The summed E-state index contributed by atoms with van der Waals surface area (Å²) < 4.78 is 0. The van der Waals surface area contributed by atoms with Crippen LogP contribution in [0.3, 0.4) is 0 Å². The molecule has 0 saturated carbocycles. The molecule has 0 aromatic heterocycles. The predicted molar refractivity (Wildman–Crippen MR) is 92.5 cm³/mol. The summed E-state index contributed by atoms with van der Waals surface area (Å²) in [6.45, 7) is 9.29. The molecule has 1 aliphatic heterocycles. The van der Waals surface area contributed by atoms with Crippen molar-refractivity contribution in [3.63, 3.8) is 0 Å². The van der Waals surface area contributed by atoms with E-state index in [-0.39, 0.29) is 5.91 Å². The van der Waals surface area contributed by atoms with Crippen molar-refractivity contribution in [3.05, 3.63) is 29.8 Å². The standard InChI is InChI=1S/C18H29N3O/c1-3-12-21(4-2)17-9-7-16(8-10-17)18(22)20-14-15-6-5-11-19-13-15/h7-10,15,19H,3-6,11-14H2,1-2H3,(H,20,22). The number of amides is 1. The minimum absolute atomic E-state index is 0.0377. The van der Waals surface area contributed by atoms with E-state index in [1.54, 1.807) is 0 Å². The predicted octanol–water partition coefficient (Wildman–Crippen LogP) is 2.65. The minimum atomic E-state index is 0.0377. The van der Waals surface area contributed by atoms with Gasteiger partial charge in [-0.2, -0.15) is 0 Å². The molecule has 0 bridgehead atoms. The Bertz CT molecular complexity index is 452. The van der Waals surface area contributed by atoms with E-state index in [1.165, 1.54) is 18.5 Å². The van der Waals surface area contributed by atoms with Crippen LogP contribution in [-0.4, -0.2) is 38.6 Å². The lowest BCUT2D eigenvalue weighted by Gasteiger charge is -2.23. The van der Waals surface area contributed by atoms with Gasteiger partial charge in [-0.05, 0) is 69.5 Å².